The molecule has 0 aliphatic heterocycles. The lowest BCUT2D eigenvalue weighted by molar-refractivity contribution is 0.162. The third kappa shape index (κ3) is 3.65. The lowest BCUT2D eigenvalue weighted by Crippen LogP contribution is -2.40. The number of hydrogen-bond acceptors (Lipinski definition) is 2. The van der Waals surface area contributed by atoms with Crippen LogP contribution in [0.2, 0.25) is 0 Å². The predicted octanol–water partition coefficient (Wildman–Crippen LogP) is 2.19. The molecule has 1 N–H and O–H groups in total. The highest BCUT2D eigenvalue weighted by atomic mass is 16.5. The van der Waals surface area contributed by atoms with E-state index >= 15 is 0 Å². The van der Waals surface area contributed by atoms with Gasteiger partial charge in [-0.2, -0.15) is 0 Å². The molecule has 1 aliphatic carbocycles. The Morgan fingerprint density at radius 2 is 1.92 bits per heavy atom. The summed E-state index contributed by atoms with van der Waals surface area (Å²) in [5.74, 6) is 0.902. The molecule has 0 bridgehead atoms. The molecule has 0 radical (unpaired) electrons. The maximum atomic E-state index is 5.10. The first-order valence-corrected chi connectivity index (χ1v) is 5.49. The van der Waals surface area contributed by atoms with Gasteiger partial charge < -0.3 is 10.1 Å². The van der Waals surface area contributed by atoms with Gasteiger partial charge in [-0.25, -0.2) is 0 Å². The minimum Gasteiger partial charge on any atom is -0.383 e. The zero-order chi connectivity index (χ0) is 9.68. The fraction of sp³-hybridized carbons (Fsp3) is 1.00. The van der Waals surface area contributed by atoms with Crippen molar-refractivity contribution in [3.05, 3.63) is 0 Å². The van der Waals surface area contributed by atoms with E-state index in [2.05, 4.69) is 19.2 Å². The predicted molar refractivity (Wildman–Crippen MR) is 55.9 cm³/mol. The van der Waals surface area contributed by atoms with E-state index in [0.29, 0.717) is 12.1 Å². The Kier molecular flexibility index (Phi) is 4.74. The van der Waals surface area contributed by atoms with Crippen LogP contribution in [0.3, 0.4) is 0 Å². The molecule has 13 heavy (non-hydrogen) atoms. The quantitative estimate of drug-likeness (QED) is 0.709. The molecule has 78 valence electrons. The average molecular weight is 185 g/mol. The molecule has 2 heteroatoms. The fourth-order valence-corrected chi connectivity index (χ4v) is 2.34. The van der Waals surface area contributed by atoms with Gasteiger partial charge in [0.15, 0.2) is 0 Å². The molecular weight excluding hydrogens is 162 g/mol. The van der Waals surface area contributed by atoms with E-state index in [-0.39, 0.29) is 0 Å². The van der Waals surface area contributed by atoms with Gasteiger partial charge in [-0.05, 0) is 32.6 Å². The highest BCUT2D eigenvalue weighted by Crippen LogP contribution is 2.27. The molecule has 0 aromatic carbocycles. The summed E-state index contributed by atoms with van der Waals surface area (Å²) in [7, 11) is 1.76. The van der Waals surface area contributed by atoms with E-state index in [1.54, 1.807) is 7.11 Å². The van der Waals surface area contributed by atoms with Gasteiger partial charge in [0.25, 0.3) is 0 Å². The number of rotatable bonds is 5. The van der Waals surface area contributed by atoms with Crippen molar-refractivity contribution in [2.24, 2.45) is 5.92 Å². The van der Waals surface area contributed by atoms with Gasteiger partial charge in [-0.3, -0.25) is 0 Å². The van der Waals surface area contributed by atoms with Crippen LogP contribution in [-0.4, -0.2) is 25.8 Å². The molecule has 1 fully saturated rings. The van der Waals surface area contributed by atoms with Gasteiger partial charge >= 0.3 is 0 Å². The van der Waals surface area contributed by atoms with Gasteiger partial charge in [0.1, 0.15) is 0 Å². The van der Waals surface area contributed by atoms with Gasteiger partial charge in [0, 0.05) is 19.2 Å². The Bertz CT molecular complexity index is 132. The van der Waals surface area contributed by atoms with Crippen LogP contribution >= 0.6 is 0 Å². The smallest absolute Gasteiger partial charge is 0.0613 e. The normalized spacial score (nSPS) is 23.3. The van der Waals surface area contributed by atoms with Crippen LogP contribution in [0.15, 0.2) is 0 Å². The summed E-state index contributed by atoms with van der Waals surface area (Å²) in [4.78, 5) is 0. The molecule has 0 aromatic rings. The third-order valence-corrected chi connectivity index (χ3v) is 3.07. The summed E-state index contributed by atoms with van der Waals surface area (Å²) in [5, 5.41) is 3.60. The maximum absolute atomic E-state index is 5.10. The first kappa shape index (κ1) is 11.0. The monoisotopic (exact) mass is 185 g/mol. The summed E-state index contributed by atoms with van der Waals surface area (Å²) in [5.41, 5.74) is 0. The Morgan fingerprint density at radius 3 is 2.46 bits per heavy atom. The molecule has 0 aromatic heterocycles. The lowest BCUT2D eigenvalue weighted by Gasteiger charge is -2.24. The molecule has 2 atom stereocenters. The Morgan fingerprint density at radius 1 is 1.31 bits per heavy atom. The van der Waals surface area contributed by atoms with Crippen LogP contribution in [0.1, 0.15) is 39.5 Å². The third-order valence-electron chi connectivity index (χ3n) is 3.07. The molecule has 1 rings (SSSR count). The zero-order valence-corrected chi connectivity index (χ0v) is 9.18. The largest absolute Gasteiger partial charge is 0.383 e. The fourth-order valence-electron chi connectivity index (χ4n) is 2.34. The van der Waals surface area contributed by atoms with Crippen molar-refractivity contribution in [3.63, 3.8) is 0 Å². The minimum atomic E-state index is 0.487. The average Bonchev–Trinajstić information content (AvgIpc) is 2.55. The van der Waals surface area contributed by atoms with Crippen LogP contribution in [0.25, 0.3) is 0 Å². The van der Waals surface area contributed by atoms with Crippen molar-refractivity contribution < 1.29 is 4.74 Å². The maximum Gasteiger partial charge on any atom is 0.0613 e. The van der Waals surface area contributed by atoms with Crippen LogP contribution in [-0.2, 0) is 4.74 Å². The Labute approximate surface area is 82.0 Å². The van der Waals surface area contributed by atoms with Gasteiger partial charge in [0.05, 0.1) is 6.61 Å². The molecular formula is C11H23NO. The second kappa shape index (κ2) is 5.61. The summed E-state index contributed by atoms with van der Waals surface area (Å²) in [6, 6.07) is 1.15. The standard InChI is InChI=1S/C11H23NO/c1-9(8-13-3)12-10(2)11-6-4-5-7-11/h9-12H,4-8H2,1-3H3/t9?,10-/m1/s1. The van der Waals surface area contributed by atoms with Crippen LogP contribution in [0, 0.1) is 5.92 Å². The molecule has 1 unspecified atom stereocenters. The molecule has 1 aliphatic rings. The molecule has 0 spiro atoms. The van der Waals surface area contributed by atoms with E-state index in [0.717, 1.165) is 12.5 Å². The van der Waals surface area contributed by atoms with Gasteiger partial charge in [-0.1, -0.05) is 12.8 Å². The summed E-state index contributed by atoms with van der Waals surface area (Å²) in [6.45, 7) is 5.31. The van der Waals surface area contributed by atoms with Crippen molar-refractivity contribution in [2.75, 3.05) is 13.7 Å². The molecule has 1 saturated carbocycles. The van der Waals surface area contributed by atoms with Crippen molar-refractivity contribution in [1.82, 2.24) is 5.32 Å². The van der Waals surface area contributed by atoms with Gasteiger partial charge in [0.2, 0.25) is 0 Å². The van der Waals surface area contributed by atoms with E-state index in [9.17, 15) is 0 Å². The summed E-state index contributed by atoms with van der Waals surface area (Å²) >= 11 is 0. The first-order valence-electron chi connectivity index (χ1n) is 5.49. The van der Waals surface area contributed by atoms with Crippen molar-refractivity contribution in [3.8, 4) is 0 Å². The summed E-state index contributed by atoms with van der Waals surface area (Å²) < 4.78 is 5.10. The SMILES string of the molecule is COCC(C)N[C@H](C)C1CCCC1. The zero-order valence-electron chi connectivity index (χ0n) is 9.18. The Hall–Kier alpha value is -0.0800. The van der Waals surface area contributed by atoms with Crippen LogP contribution < -0.4 is 5.32 Å². The Balaban J connectivity index is 2.18. The number of ether oxygens (including phenoxy) is 1. The van der Waals surface area contributed by atoms with Crippen LogP contribution in [0.4, 0.5) is 0 Å². The van der Waals surface area contributed by atoms with E-state index in [4.69, 9.17) is 4.74 Å². The second-order valence-corrected chi connectivity index (χ2v) is 4.36. The molecule has 0 saturated heterocycles. The number of hydrogen-bond donors (Lipinski definition) is 1. The van der Waals surface area contributed by atoms with Crippen molar-refractivity contribution >= 4 is 0 Å². The highest BCUT2D eigenvalue weighted by Gasteiger charge is 2.22. The molecule has 2 nitrogen and oxygen atoms in total. The topological polar surface area (TPSA) is 21.3 Å². The van der Waals surface area contributed by atoms with Gasteiger partial charge in [-0.15, -0.1) is 0 Å². The van der Waals surface area contributed by atoms with Crippen molar-refractivity contribution in [1.29, 1.82) is 0 Å². The van der Waals surface area contributed by atoms with E-state index in [1.807, 2.05) is 0 Å². The lowest BCUT2D eigenvalue weighted by atomic mass is 9.99. The van der Waals surface area contributed by atoms with Crippen LogP contribution in [0.5, 0.6) is 0 Å². The highest BCUT2D eigenvalue weighted by molar-refractivity contribution is 4.79. The number of nitrogens with one attached hydrogen (secondary N) is 1. The summed E-state index contributed by atoms with van der Waals surface area (Å²) in [6.07, 6.45) is 5.67. The molecule has 0 heterocycles. The van der Waals surface area contributed by atoms with E-state index in [1.165, 1.54) is 25.7 Å². The van der Waals surface area contributed by atoms with E-state index < -0.39 is 0 Å². The second-order valence-electron chi connectivity index (χ2n) is 4.36. The first-order chi connectivity index (χ1) is 6.24. The minimum absolute atomic E-state index is 0.487. The number of methoxy groups -OCH3 is 1. The molecule has 0 amide bonds. The van der Waals surface area contributed by atoms with Crippen molar-refractivity contribution in [2.45, 2.75) is 51.6 Å².